The maximum atomic E-state index is 5.24. The third kappa shape index (κ3) is 4.09. The molecule has 2 rings (SSSR count). The Bertz CT molecular complexity index is 516. The Balaban J connectivity index is 1.93. The zero-order chi connectivity index (χ0) is 14.4. The topological polar surface area (TPSA) is 18.5 Å². The van der Waals surface area contributed by atoms with Crippen molar-refractivity contribution in [2.75, 3.05) is 14.2 Å². The van der Waals surface area contributed by atoms with Crippen LogP contribution in [0.2, 0.25) is 0 Å². The van der Waals surface area contributed by atoms with E-state index < -0.39 is 0 Å². The van der Waals surface area contributed by atoms with E-state index in [1.165, 1.54) is 14.6 Å². The first kappa shape index (κ1) is 15.6. The Morgan fingerprint density at radius 3 is 2.20 bits per heavy atom. The van der Waals surface area contributed by atoms with Gasteiger partial charge in [-0.3, -0.25) is 0 Å². The molecule has 0 atom stereocenters. The first-order chi connectivity index (χ1) is 9.76. The molecule has 20 heavy (non-hydrogen) atoms. The monoisotopic (exact) mass is 308 g/mol. The highest BCUT2D eigenvalue weighted by molar-refractivity contribution is 7.98. The van der Waals surface area contributed by atoms with Crippen LogP contribution in [0.15, 0.2) is 41.3 Å². The molecular formula is C16H20O2S2. The van der Waals surface area contributed by atoms with Gasteiger partial charge in [0.15, 0.2) is 6.29 Å². The van der Waals surface area contributed by atoms with Crippen molar-refractivity contribution in [3.63, 3.8) is 0 Å². The molecule has 2 nitrogen and oxygen atoms in total. The molecule has 0 bridgehead atoms. The summed E-state index contributed by atoms with van der Waals surface area (Å²) in [6.07, 6.45) is 0.845. The van der Waals surface area contributed by atoms with E-state index in [1.807, 2.05) is 23.1 Å². The summed E-state index contributed by atoms with van der Waals surface area (Å²) in [6.45, 7) is 2.20. The van der Waals surface area contributed by atoms with Crippen molar-refractivity contribution in [3.05, 3.63) is 51.7 Å². The lowest BCUT2D eigenvalue weighted by Gasteiger charge is -2.13. The van der Waals surface area contributed by atoms with Gasteiger partial charge in [0.25, 0.3) is 0 Å². The molecule has 0 unspecified atom stereocenters. The number of rotatable bonds is 7. The minimum Gasteiger partial charge on any atom is -0.352 e. The molecule has 0 aliphatic carbocycles. The Morgan fingerprint density at radius 1 is 1.00 bits per heavy atom. The fraction of sp³-hybridized carbons (Fsp3) is 0.375. The summed E-state index contributed by atoms with van der Waals surface area (Å²) in [5, 5.41) is 0. The third-order valence-electron chi connectivity index (χ3n) is 3.03. The number of hydrogen-bond acceptors (Lipinski definition) is 4. The Hall–Kier alpha value is -0.810. The van der Waals surface area contributed by atoms with E-state index >= 15 is 0 Å². The van der Waals surface area contributed by atoms with Crippen LogP contribution in [0.4, 0.5) is 0 Å². The van der Waals surface area contributed by atoms with Crippen LogP contribution in [0, 0.1) is 0 Å². The molecule has 1 aromatic carbocycles. The van der Waals surface area contributed by atoms with Crippen LogP contribution < -0.4 is 0 Å². The zero-order valence-corrected chi connectivity index (χ0v) is 13.7. The number of hydrogen-bond donors (Lipinski definition) is 0. The van der Waals surface area contributed by atoms with Crippen LogP contribution in [-0.2, 0) is 21.6 Å². The first-order valence-electron chi connectivity index (χ1n) is 6.62. The van der Waals surface area contributed by atoms with Crippen molar-refractivity contribution in [2.24, 2.45) is 0 Å². The van der Waals surface area contributed by atoms with Gasteiger partial charge in [-0.05, 0) is 30.7 Å². The second kappa shape index (κ2) is 7.84. The Morgan fingerprint density at radius 2 is 1.65 bits per heavy atom. The lowest BCUT2D eigenvalue weighted by Crippen LogP contribution is -2.02. The van der Waals surface area contributed by atoms with Crippen molar-refractivity contribution in [2.45, 2.75) is 30.3 Å². The van der Waals surface area contributed by atoms with E-state index in [9.17, 15) is 0 Å². The van der Waals surface area contributed by atoms with Crippen molar-refractivity contribution >= 4 is 23.1 Å². The largest absolute Gasteiger partial charge is 0.352 e. The summed E-state index contributed by atoms with van der Waals surface area (Å²) in [6, 6.07) is 12.8. The molecule has 0 aliphatic rings. The zero-order valence-electron chi connectivity index (χ0n) is 12.1. The van der Waals surface area contributed by atoms with Gasteiger partial charge in [0.05, 0.1) is 0 Å². The average molecular weight is 308 g/mol. The summed E-state index contributed by atoms with van der Waals surface area (Å²) in [5.74, 6) is 1.03. The van der Waals surface area contributed by atoms with Gasteiger partial charge in [-0.25, -0.2) is 0 Å². The lowest BCUT2D eigenvalue weighted by atomic mass is 10.2. The molecule has 0 aliphatic heterocycles. The summed E-state index contributed by atoms with van der Waals surface area (Å²) >= 11 is 3.77. The fourth-order valence-corrected chi connectivity index (χ4v) is 3.83. The van der Waals surface area contributed by atoms with E-state index in [1.54, 1.807) is 14.2 Å². The minimum atomic E-state index is -0.279. The van der Waals surface area contributed by atoms with Gasteiger partial charge in [-0.15, -0.1) is 23.1 Å². The number of thiophene rings is 1. The number of methoxy groups -OCH3 is 2. The van der Waals surface area contributed by atoms with Gasteiger partial charge in [-0.1, -0.05) is 19.1 Å². The standard InChI is InChI=1S/C16H20O2S2/c1-4-13-9-10-15(20-13)11-19-14-7-5-12(6-8-14)16(17-2)18-3/h5-10,16H,4,11H2,1-3H3. The van der Waals surface area contributed by atoms with Crippen LogP contribution in [-0.4, -0.2) is 14.2 Å². The van der Waals surface area contributed by atoms with Crippen LogP contribution in [0.1, 0.15) is 28.5 Å². The van der Waals surface area contributed by atoms with Gasteiger partial charge in [-0.2, -0.15) is 0 Å². The maximum Gasteiger partial charge on any atom is 0.183 e. The molecule has 1 heterocycles. The second-order valence-corrected chi connectivity index (χ2v) is 6.68. The van der Waals surface area contributed by atoms with Crippen molar-refractivity contribution < 1.29 is 9.47 Å². The fourth-order valence-electron chi connectivity index (χ4n) is 1.93. The number of benzene rings is 1. The van der Waals surface area contributed by atoms with Gasteiger partial charge in [0.2, 0.25) is 0 Å². The number of thioether (sulfide) groups is 1. The lowest BCUT2D eigenvalue weighted by molar-refractivity contribution is -0.106. The molecule has 108 valence electrons. The molecule has 4 heteroatoms. The normalized spacial score (nSPS) is 11.2. The second-order valence-electron chi connectivity index (χ2n) is 4.38. The average Bonchev–Trinajstić information content (AvgIpc) is 2.96. The molecule has 0 amide bonds. The summed E-state index contributed by atoms with van der Waals surface area (Å²) in [7, 11) is 3.30. The predicted molar refractivity (Wildman–Crippen MR) is 86.5 cm³/mol. The highest BCUT2D eigenvalue weighted by Crippen LogP contribution is 2.28. The van der Waals surface area contributed by atoms with Crippen molar-refractivity contribution in [1.82, 2.24) is 0 Å². The van der Waals surface area contributed by atoms with Gasteiger partial charge < -0.3 is 9.47 Å². The molecule has 0 spiro atoms. The predicted octanol–water partition coefficient (Wildman–Crippen LogP) is 4.89. The van der Waals surface area contributed by atoms with Gasteiger partial charge >= 0.3 is 0 Å². The highest BCUT2D eigenvalue weighted by Gasteiger charge is 2.08. The van der Waals surface area contributed by atoms with Crippen LogP contribution in [0.5, 0.6) is 0 Å². The van der Waals surface area contributed by atoms with Crippen molar-refractivity contribution in [1.29, 1.82) is 0 Å². The molecular weight excluding hydrogens is 288 g/mol. The van der Waals surface area contributed by atoms with E-state index in [4.69, 9.17) is 9.47 Å². The summed E-state index contributed by atoms with van der Waals surface area (Å²) in [5.41, 5.74) is 1.05. The third-order valence-corrected chi connectivity index (χ3v) is 5.50. The smallest absolute Gasteiger partial charge is 0.183 e. The Kier molecular flexibility index (Phi) is 6.10. The molecule has 0 saturated heterocycles. The SMILES string of the molecule is CCc1ccc(CSc2ccc(C(OC)OC)cc2)s1. The summed E-state index contributed by atoms with van der Waals surface area (Å²) in [4.78, 5) is 4.16. The number of aryl methyl sites for hydroxylation is 1. The first-order valence-corrected chi connectivity index (χ1v) is 8.43. The summed E-state index contributed by atoms with van der Waals surface area (Å²) < 4.78 is 10.5. The number of ether oxygens (including phenoxy) is 2. The molecule has 0 fully saturated rings. The molecule has 2 aromatic rings. The maximum absolute atomic E-state index is 5.24. The highest BCUT2D eigenvalue weighted by atomic mass is 32.2. The van der Waals surface area contributed by atoms with Crippen LogP contribution >= 0.6 is 23.1 Å². The van der Waals surface area contributed by atoms with Crippen molar-refractivity contribution in [3.8, 4) is 0 Å². The van der Waals surface area contributed by atoms with E-state index in [0.717, 1.165) is 17.7 Å². The molecule has 0 N–H and O–H groups in total. The van der Waals surface area contributed by atoms with Gasteiger partial charge in [0.1, 0.15) is 0 Å². The van der Waals surface area contributed by atoms with Gasteiger partial charge in [0, 0.05) is 40.2 Å². The van der Waals surface area contributed by atoms with Crippen LogP contribution in [0.25, 0.3) is 0 Å². The molecule has 1 aromatic heterocycles. The molecule has 0 saturated carbocycles. The molecule has 0 radical (unpaired) electrons. The van der Waals surface area contributed by atoms with Crippen LogP contribution in [0.3, 0.4) is 0 Å². The van der Waals surface area contributed by atoms with E-state index in [2.05, 4.69) is 43.3 Å². The van der Waals surface area contributed by atoms with E-state index in [0.29, 0.717) is 0 Å². The quantitative estimate of drug-likeness (QED) is 0.536. The minimum absolute atomic E-state index is 0.279. The Labute approximate surface area is 129 Å². The van der Waals surface area contributed by atoms with E-state index in [-0.39, 0.29) is 6.29 Å².